The normalized spacial score (nSPS) is 16.1. The minimum Gasteiger partial charge on any atom is -0.367 e. The molecule has 0 bridgehead atoms. The van der Waals surface area contributed by atoms with Crippen LogP contribution in [0.15, 0.2) is 57.9 Å². The largest absolute Gasteiger partial charge is 0.367 e. The van der Waals surface area contributed by atoms with Crippen molar-refractivity contribution in [1.29, 1.82) is 0 Å². The summed E-state index contributed by atoms with van der Waals surface area (Å²) in [4.78, 5) is 26.1. The van der Waals surface area contributed by atoms with Crippen LogP contribution >= 0.6 is 39.3 Å². The van der Waals surface area contributed by atoms with Gasteiger partial charge in [-0.15, -0.1) is 0 Å². The molecule has 1 heterocycles. The second kappa shape index (κ2) is 7.42. The van der Waals surface area contributed by atoms with Crippen LogP contribution in [-0.4, -0.2) is 22.7 Å². The van der Waals surface area contributed by atoms with Gasteiger partial charge in [0, 0.05) is 15.2 Å². The Kier molecular flexibility index (Phi) is 5.28. The third-order valence-corrected chi connectivity index (χ3v) is 5.08. The van der Waals surface area contributed by atoms with Gasteiger partial charge in [-0.25, -0.2) is 0 Å². The zero-order valence-corrected chi connectivity index (χ0v) is 15.5. The number of amides is 2. The predicted octanol–water partition coefficient (Wildman–Crippen LogP) is 5.21. The van der Waals surface area contributed by atoms with Gasteiger partial charge in [-0.05, 0) is 47.7 Å². The molecule has 0 radical (unpaired) electrons. The highest BCUT2D eigenvalue weighted by atomic mass is 79.9. The molecule has 3 rings (SSSR count). The lowest BCUT2D eigenvalue weighted by molar-refractivity contribution is -0.122. The summed E-state index contributed by atoms with van der Waals surface area (Å²) < 4.78 is 0.917. The van der Waals surface area contributed by atoms with Crippen molar-refractivity contribution >= 4 is 62.2 Å². The molecule has 0 atom stereocenters. The number of hydrogen-bond acceptors (Lipinski definition) is 4. The Bertz CT molecular complexity index is 841. The summed E-state index contributed by atoms with van der Waals surface area (Å²) in [5.41, 5.74) is 1.53. The number of carbonyl (C=O) groups excluding carboxylic acids is 2. The van der Waals surface area contributed by atoms with Crippen LogP contribution in [0, 0.1) is 0 Å². The zero-order valence-electron chi connectivity index (χ0n) is 12.3. The first-order valence-corrected chi connectivity index (χ1v) is 9.02. The second-order valence-corrected chi connectivity index (χ2v) is 7.29. The lowest BCUT2D eigenvalue weighted by atomic mass is 10.2. The number of hydrogen-bond donors (Lipinski definition) is 1. The third-order valence-electron chi connectivity index (χ3n) is 3.33. The molecule has 4 nitrogen and oxygen atoms in total. The number of rotatable bonds is 4. The van der Waals surface area contributed by atoms with Gasteiger partial charge in [0.15, 0.2) is 0 Å². The van der Waals surface area contributed by atoms with Gasteiger partial charge in [0.05, 0.1) is 11.6 Å². The van der Waals surface area contributed by atoms with E-state index in [0.29, 0.717) is 15.5 Å². The van der Waals surface area contributed by atoms with Crippen molar-refractivity contribution in [3.8, 4) is 0 Å². The fraction of sp³-hybridized carbons (Fsp3) is 0.0588. The maximum atomic E-state index is 12.4. The summed E-state index contributed by atoms with van der Waals surface area (Å²) >= 11 is 10.4. The van der Waals surface area contributed by atoms with E-state index in [-0.39, 0.29) is 17.8 Å². The SMILES string of the molecule is O=C1S/C(=C\c2ccccc2Cl)C(=O)N1CNc1cccc(Br)c1. The van der Waals surface area contributed by atoms with Crippen molar-refractivity contribution in [2.45, 2.75) is 0 Å². The molecule has 0 aliphatic carbocycles. The van der Waals surface area contributed by atoms with E-state index in [1.54, 1.807) is 18.2 Å². The van der Waals surface area contributed by atoms with Crippen LogP contribution in [0.5, 0.6) is 0 Å². The number of halogens is 2. The molecule has 0 unspecified atom stereocenters. The van der Waals surface area contributed by atoms with Crippen LogP contribution in [0.1, 0.15) is 5.56 Å². The first-order chi connectivity index (χ1) is 11.5. The Balaban J connectivity index is 1.73. The van der Waals surface area contributed by atoms with E-state index in [9.17, 15) is 9.59 Å². The summed E-state index contributed by atoms with van der Waals surface area (Å²) in [6.07, 6.45) is 1.65. The molecule has 0 saturated carbocycles. The molecule has 1 N–H and O–H groups in total. The molecule has 2 amide bonds. The fourth-order valence-electron chi connectivity index (χ4n) is 2.14. The summed E-state index contributed by atoms with van der Waals surface area (Å²) in [5, 5.41) is 3.31. The maximum absolute atomic E-state index is 12.4. The predicted molar refractivity (Wildman–Crippen MR) is 102 cm³/mol. The van der Waals surface area contributed by atoms with Crippen LogP contribution in [-0.2, 0) is 4.79 Å². The molecule has 1 fully saturated rings. The highest BCUT2D eigenvalue weighted by Crippen LogP contribution is 2.33. The standard InChI is InChI=1S/C17H12BrClN2O2S/c18-12-5-3-6-13(9-12)20-10-21-16(22)15(24-17(21)23)8-11-4-1-2-7-14(11)19/h1-9,20H,10H2/b15-8-. The molecule has 2 aromatic rings. The Labute approximate surface area is 157 Å². The van der Waals surface area contributed by atoms with Gasteiger partial charge >= 0.3 is 0 Å². The fourth-order valence-corrected chi connectivity index (χ4v) is 3.56. The number of carbonyl (C=O) groups is 2. The summed E-state index contributed by atoms with van der Waals surface area (Å²) in [6, 6.07) is 14.7. The van der Waals surface area contributed by atoms with Crippen molar-refractivity contribution in [3.63, 3.8) is 0 Å². The van der Waals surface area contributed by atoms with Crippen LogP contribution in [0.25, 0.3) is 6.08 Å². The van der Waals surface area contributed by atoms with Gasteiger partial charge in [0.25, 0.3) is 11.1 Å². The van der Waals surface area contributed by atoms with Crippen LogP contribution in [0.2, 0.25) is 5.02 Å². The average Bonchev–Trinajstić information content (AvgIpc) is 2.82. The third kappa shape index (κ3) is 3.83. The van der Waals surface area contributed by atoms with Crippen molar-refractivity contribution < 1.29 is 9.59 Å². The molecular formula is C17H12BrClN2O2S. The summed E-state index contributed by atoms with van der Waals surface area (Å²) in [7, 11) is 0. The number of thioether (sulfide) groups is 1. The molecule has 7 heteroatoms. The van der Waals surface area contributed by atoms with Crippen molar-refractivity contribution in [2.75, 3.05) is 12.0 Å². The minimum atomic E-state index is -0.326. The van der Waals surface area contributed by atoms with E-state index >= 15 is 0 Å². The minimum absolute atomic E-state index is 0.112. The average molecular weight is 424 g/mol. The van der Waals surface area contributed by atoms with E-state index in [1.165, 1.54) is 4.90 Å². The van der Waals surface area contributed by atoms with Gasteiger partial charge in [0.1, 0.15) is 0 Å². The number of nitrogens with zero attached hydrogens (tertiary/aromatic N) is 1. The lowest BCUT2D eigenvalue weighted by Crippen LogP contribution is -2.33. The van der Waals surface area contributed by atoms with Gasteiger partial charge < -0.3 is 5.32 Å². The Morgan fingerprint density at radius 3 is 2.71 bits per heavy atom. The molecule has 1 aliphatic rings. The quantitative estimate of drug-likeness (QED) is 0.686. The molecular weight excluding hydrogens is 412 g/mol. The highest BCUT2D eigenvalue weighted by Gasteiger charge is 2.34. The van der Waals surface area contributed by atoms with Gasteiger partial charge in [-0.2, -0.15) is 0 Å². The number of anilines is 1. The molecule has 1 saturated heterocycles. The smallest absolute Gasteiger partial charge is 0.295 e. The number of benzene rings is 2. The molecule has 0 spiro atoms. The van der Waals surface area contributed by atoms with E-state index in [1.807, 2.05) is 36.4 Å². The number of nitrogens with one attached hydrogen (secondary N) is 1. The molecule has 122 valence electrons. The first kappa shape index (κ1) is 17.1. The lowest BCUT2D eigenvalue weighted by Gasteiger charge is -2.14. The highest BCUT2D eigenvalue weighted by molar-refractivity contribution is 9.10. The Hall–Kier alpha value is -1.76. The first-order valence-electron chi connectivity index (χ1n) is 7.04. The molecule has 1 aliphatic heterocycles. The molecule has 24 heavy (non-hydrogen) atoms. The summed E-state index contributed by atoms with van der Waals surface area (Å²) in [6.45, 7) is 0.112. The number of imide groups is 1. The molecule has 2 aromatic carbocycles. The van der Waals surface area contributed by atoms with Crippen molar-refractivity contribution in [3.05, 3.63) is 68.5 Å². The van der Waals surface area contributed by atoms with Crippen molar-refractivity contribution in [1.82, 2.24) is 4.90 Å². The van der Waals surface area contributed by atoms with Crippen LogP contribution in [0.3, 0.4) is 0 Å². The summed E-state index contributed by atoms with van der Waals surface area (Å²) in [5.74, 6) is -0.326. The maximum Gasteiger partial charge on any atom is 0.295 e. The topological polar surface area (TPSA) is 49.4 Å². The van der Waals surface area contributed by atoms with E-state index in [2.05, 4.69) is 21.2 Å². The van der Waals surface area contributed by atoms with Crippen LogP contribution in [0.4, 0.5) is 10.5 Å². The Morgan fingerprint density at radius 2 is 1.96 bits per heavy atom. The second-order valence-electron chi connectivity index (χ2n) is 4.98. The van der Waals surface area contributed by atoms with Crippen LogP contribution < -0.4 is 5.32 Å². The van der Waals surface area contributed by atoms with Gasteiger partial charge in [0.2, 0.25) is 0 Å². The van der Waals surface area contributed by atoms with Gasteiger partial charge in [-0.3, -0.25) is 14.5 Å². The monoisotopic (exact) mass is 422 g/mol. The zero-order chi connectivity index (χ0) is 17.1. The molecule has 0 aromatic heterocycles. The van der Waals surface area contributed by atoms with E-state index in [0.717, 1.165) is 21.9 Å². The van der Waals surface area contributed by atoms with E-state index in [4.69, 9.17) is 11.6 Å². The van der Waals surface area contributed by atoms with Crippen molar-refractivity contribution in [2.24, 2.45) is 0 Å². The van der Waals surface area contributed by atoms with Gasteiger partial charge in [-0.1, -0.05) is 51.8 Å². The Morgan fingerprint density at radius 1 is 1.17 bits per heavy atom. The van der Waals surface area contributed by atoms with E-state index < -0.39 is 0 Å².